The van der Waals surface area contributed by atoms with E-state index in [2.05, 4.69) is 33.4 Å². The van der Waals surface area contributed by atoms with Crippen LogP contribution in [0.5, 0.6) is 5.88 Å². The van der Waals surface area contributed by atoms with E-state index in [1.807, 2.05) is 19.9 Å². The molecule has 1 fully saturated rings. The molecule has 0 bridgehead atoms. The van der Waals surface area contributed by atoms with Crippen LogP contribution >= 0.6 is 0 Å². The summed E-state index contributed by atoms with van der Waals surface area (Å²) in [6, 6.07) is 11.3. The van der Waals surface area contributed by atoms with Crippen LogP contribution in [0.4, 0.5) is 11.6 Å². The van der Waals surface area contributed by atoms with Crippen LogP contribution in [0.1, 0.15) is 50.9 Å². The first-order valence-electron chi connectivity index (χ1n) is 11.8. The van der Waals surface area contributed by atoms with Crippen molar-refractivity contribution in [3.63, 3.8) is 0 Å². The van der Waals surface area contributed by atoms with Crippen molar-refractivity contribution in [2.45, 2.75) is 63.8 Å². The summed E-state index contributed by atoms with van der Waals surface area (Å²) in [7, 11) is -4.24. The lowest BCUT2D eigenvalue weighted by molar-refractivity contribution is 0.0981. The topological polar surface area (TPSA) is 140 Å². The molecule has 0 radical (unpaired) electrons. The number of aromatic nitrogens is 3. The number of carbonyl (C=O) groups is 1. The maximum atomic E-state index is 13.3. The number of nitrogen functional groups attached to an aromatic ring is 1. The molecule has 0 aromatic carbocycles. The summed E-state index contributed by atoms with van der Waals surface area (Å²) in [6.07, 6.45) is 3.53. The largest absolute Gasteiger partial charge is 0.475 e. The Morgan fingerprint density at radius 3 is 2.42 bits per heavy atom. The fourth-order valence-corrected chi connectivity index (χ4v) is 5.19. The average Bonchev–Trinajstić information content (AvgIpc) is 3.16. The minimum atomic E-state index is -4.24. The molecule has 10 nitrogen and oxygen atoms in total. The summed E-state index contributed by atoms with van der Waals surface area (Å²) in [5.41, 5.74) is 7.13. The number of pyridine rings is 3. The van der Waals surface area contributed by atoms with Gasteiger partial charge in [0, 0.05) is 29.9 Å². The molecule has 3 aromatic heterocycles. The second-order valence-electron chi connectivity index (χ2n) is 9.14. The zero-order valence-electron chi connectivity index (χ0n) is 20.7. The first-order valence-corrected chi connectivity index (χ1v) is 13.3. The Morgan fingerprint density at radius 1 is 1.08 bits per heavy atom. The minimum absolute atomic E-state index is 0.00261. The van der Waals surface area contributed by atoms with Crippen molar-refractivity contribution in [2.24, 2.45) is 0 Å². The van der Waals surface area contributed by atoms with E-state index in [-0.39, 0.29) is 34.6 Å². The number of hydrogen-bond acceptors (Lipinski definition) is 9. The fourth-order valence-electron chi connectivity index (χ4n) is 4.25. The Kier molecular flexibility index (Phi) is 7.11. The summed E-state index contributed by atoms with van der Waals surface area (Å²) >= 11 is 0. The van der Waals surface area contributed by atoms with Crippen LogP contribution in [0.3, 0.4) is 0 Å². The van der Waals surface area contributed by atoms with Gasteiger partial charge in [-0.1, -0.05) is 6.07 Å². The third-order valence-electron chi connectivity index (χ3n) is 5.95. The number of rotatable bonds is 7. The molecule has 36 heavy (non-hydrogen) atoms. The zero-order valence-corrected chi connectivity index (χ0v) is 21.5. The second kappa shape index (κ2) is 10.1. The van der Waals surface area contributed by atoms with Crippen LogP contribution < -0.4 is 20.1 Å². The number of nitrogens with zero attached hydrogens (tertiary/aromatic N) is 4. The number of carbonyl (C=O) groups excluding carboxylic acids is 1. The standard InChI is InChI=1S/C25H30N6O4S/c1-15(2)35-22-13-10-18(14-27-22)20-12-11-19(24(28-20)31-16(3)8-9-17(31)4)25(32)30-36(33,34)23-7-5-6-21(26)29-23/h5-7,10-17H,8-9H2,1-4H3,(H2,26,29)(H,30,32)/t16-,17-/m0/s1. The highest BCUT2D eigenvalue weighted by molar-refractivity contribution is 7.90. The predicted molar refractivity (Wildman–Crippen MR) is 137 cm³/mol. The van der Waals surface area contributed by atoms with Gasteiger partial charge in [0.15, 0.2) is 5.03 Å². The molecule has 0 aliphatic carbocycles. The summed E-state index contributed by atoms with van der Waals surface area (Å²) in [5.74, 6) is 0.168. The molecule has 2 atom stereocenters. The number of ether oxygens (including phenoxy) is 1. The van der Waals surface area contributed by atoms with Crippen LogP contribution in [0, 0.1) is 0 Å². The lowest BCUT2D eigenvalue weighted by Crippen LogP contribution is -2.37. The number of sulfonamides is 1. The van der Waals surface area contributed by atoms with Gasteiger partial charge >= 0.3 is 0 Å². The average molecular weight is 511 g/mol. The van der Waals surface area contributed by atoms with Gasteiger partial charge in [-0.25, -0.2) is 19.7 Å². The van der Waals surface area contributed by atoms with Gasteiger partial charge in [-0.15, -0.1) is 0 Å². The Balaban J connectivity index is 1.71. The van der Waals surface area contributed by atoms with Crippen LogP contribution in [-0.2, 0) is 10.0 Å². The van der Waals surface area contributed by atoms with E-state index >= 15 is 0 Å². The molecule has 0 unspecified atom stereocenters. The first-order chi connectivity index (χ1) is 17.0. The van der Waals surface area contributed by atoms with E-state index in [4.69, 9.17) is 15.5 Å². The molecule has 190 valence electrons. The quantitative estimate of drug-likeness (QED) is 0.489. The smallest absolute Gasteiger partial charge is 0.281 e. The maximum Gasteiger partial charge on any atom is 0.281 e. The number of nitrogens with two attached hydrogens (primary N) is 1. The third kappa shape index (κ3) is 5.40. The monoisotopic (exact) mass is 510 g/mol. The minimum Gasteiger partial charge on any atom is -0.475 e. The maximum absolute atomic E-state index is 13.3. The van der Waals surface area contributed by atoms with Crippen molar-refractivity contribution in [1.82, 2.24) is 19.7 Å². The third-order valence-corrected chi connectivity index (χ3v) is 7.18. The summed E-state index contributed by atoms with van der Waals surface area (Å²) < 4.78 is 33.4. The number of hydrogen-bond donors (Lipinski definition) is 2. The van der Waals surface area contributed by atoms with Gasteiger partial charge in [0.25, 0.3) is 15.9 Å². The molecule has 1 aliphatic rings. The molecule has 11 heteroatoms. The van der Waals surface area contributed by atoms with Crippen molar-refractivity contribution in [2.75, 3.05) is 10.6 Å². The molecule has 1 saturated heterocycles. The highest BCUT2D eigenvalue weighted by Crippen LogP contribution is 2.33. The van der Waals surface area contributed by atoms with Crippen molar-refractivity contribution in [3.05, 3.63) is 54.2 Å². The zero-order chi connectivity index (χ0) is 26.0. The molecule has 4 rings (SSSR count). The Bertz CT molecular complexity index is 1350. The van der Waals surface area contributed by atoms with E-state index in [9.17, 15) is 13.2 Å². The molecular formula is C25H30N6O4S. The highest BCUT2D eigenvalue weighted by atomic mass is 32.2. The lowest BCUT2D eigenvalue weighted by Gasteiger charge is -2.29. The number of nitrogens with one attached hydrogen (secondary N) is 1. The van der Waals surface area contributed by atoms with Crippen molar-refractivity contribution in [3.8, 4) is 17.1 Å². The van der Waals surface area contributed by atoms with Gasteiger partial charge in [0.05, 0.1) is 17.4 Å². The van der Waals surface area contributed by atoms with Crippen molar-refractivity contribution in [1.29, 1.82) is 0 Å². The first kappa shape index (κ1) is 25.4. The van der Waals surface area contributed by atoms with Crippen LogP contribution in [0.15, 0.2) is 53.7 Å². The van der Waals surface area contributed by atoms with Crippen molar-refractivity contribution >= 4 is 27.6 Å². The molecule has 1 aliphatic heterocycles. The summed E-state index contributed by atoms with van der Waals surface area (Å²) in [4.78, 5) is 28.3. The van der Waals surface area contributed by atoms with Crippen LogP contribution in [0.2, 0.25) is 0 Å². The van der Waals surface area contributed by atoms with Crippen LogP contribution in [-0.4, -0.2) is 47.5 Å². The fraction of sp³-hybridized carbons (Fsp3) is 0.360. The Morgan fingerprint density at radius 2 is 1.81 bits per heavy atom. The predicted octanol–water partition coefficient (Wildman–Crippen LogP) is 3.40. The molecule has 0 spiro atoms. The van der Waals surface area contributed by atoms with Gasteiger partial charge in [-0.3, -0.25) is 4.79 Å². The van der Waals surface area contributed by atoms with Gasteiger partial charge in [0.1, 0.15) is 11.6 Å². The van der Waals surface area contributed by atoms with E-state index in [1.165, 1.54) is 18.2 Å². The van der Waals surface area contributed by atoms with Crippen molar-refractivity contribution < 1.29 is 17.9 Å². The van der Waals surface area contributed by atoms with E-state index in [0.717, 1.165) is 18.4 Å². The normalized spacial score (nSPS) is 17.9. The van der Waals surface area contributed by atoms with Crippen LogP contribution in [0.25, 0.3) is 11.3 Å². The highest BCUT2D eigenvalue weighted by Gasteiger charge is 2.33. The Hall–Kier alpha value is -3.73. The molecule has 1 amide bonds. The van der Waals surface area contributed by atoms with E-state index in [0.29, 0.717) is 17.4 Å². The Labute approximate surface area is 211 Å². The van der Waals surface area contributed by atoms with Gasteiger partial charge in [0.2, 0.25) is 5.88 Å². The van der Waals surface area contributed by atoms with E-state index in [1.54, 1.807) is 24.4 Å². The van der Waals surface area contributed by atoms with Gasteiger partial charge < -0.3 is 15.4 Å². The number of anilines is 2. The molecule has 4 heterocycles. The molecule has 3 aromatic rings. The van der Waals surface area contributed by atoms with Gasteiger partial charge in [-0.05, 0) is 70.9 Å². The van der Waals surface area contributed by atoms with Gasteiger partial charge in [-0.2, -0.15) is 8.42 Å². The number of amides is 1. The second-order valence-corrected chi connectivity index (χ2v) is 10.8. The van der Waals surface area contributed by atoms with E-state index < -0.39 is 15.9 Å². The molecule has 0 saturated carbocycles. The molecule has 3 N–H and O–H groups in total. The summed E-state index contributed by atoms with van der Waals surface area (Å²) in [5, 5.41) is -0.334. The summed E-state index contributed by atoms with van der Waals surface area (Å²) in [6.45, 7) is 7.97. The lowest BCUT2D eigenvalue weighted by atomic mass is 10.1. The SMILES string of the molecule is CC(C)Oc1ccc(-c2ccc(C(=O)NS(=O)(=O)c3cccc(N)n3)c(N3[C@@H](C)CC[C@@H]3C)n2)cn1. The molecular weight excluding hydrogens is 480 g/mol.